The second kappa shape index (κ2) is 7.84. The Labute approximate surface area is 145 Å². The number of carbonyl (C=O) groups excluding carboxylic acids is 2. The molecule has 1 atom stereocenters. The number of amides is 2. The number of carbonyl (C=O) groups is 2. The van der Waals surface area contributed by atoms with Crippen molar-refractivity contribution in [1.29, 1.82) is 0 Å². The number of aryl methyl sites for hydroxylation is 1. The van der Waals surface area contributed by atoms with Crippen LogP contribution in [0.15, 0.2) is 23.2 Å². The molecule has 0 unspecified atom stereocenters. The molecule has 124 valence electrons. The molecule has 1 fully saturated rings. The number of anilines is 1. The van der Waals surface area contributed by atoms with Gasteiger partial charge in [-0.15, -0.1) is 0 Å². The first-order valence-electron chi connectivity index (χ1n) is 7.43. The molecule has 1 saturated heterocycles. The Balaban J connectivity index is 1.91. The molecule has 0 bridgehead atoms. The van der Waals surface area contributed by atoms with Gasteiger partial charge in [0, 0.05) is 23.7 Å². The van der Waals surface area contributed by atoms with Crippen LogP contribution in [0.5, 0.6) is 0 Å². The van der Waals surface area contributed by atoms with Crippen molar-refractivity contribution in [2.24, 2.45) is 10.9 Å². The number of benzene rings is 1. The number of hydrogen-bond acceptors (Lipinski definition) is 4. The molecule has 7 heteroatoms. The second-order valence-electron chi connectivity index (χ2n) is 5.85. The van der Waals surface area contributed by atoms with Gasteiger partial charge in [-0.25, -0.2) is 0 Å². The number of thioether (sulfide) groups is 1. The van der Waals surface area contributed by atoms with E-state index in [0.717, 1.165) is 5.56 Å². The number of halogens is 1. The van der Waals surface area contributed by atoms with E-state index in [2.05, 4.69) is 29.5 Å². The average molecular weight is 354 g/mol. The van der Waals surface area contributed by atoms with Crippen molar-refractivity contribution in [3.05, 3.63) is 28.8 Å². The van der Waals surface area contributed by atoms with E-state index in [1.807, 2.05) is 13.0 Å². The summed E-state index contributed by atoms with van der Waals surface area (Å²) in [5.74, 6) is 0.0333. The monoisotopic (exact) mass is 353 g/mol. The fourth-order valence-corrected chi connectivity index (χ4v) is 3.09. The molecule has 0 spiro atoms. The zero-order chi connectivity index (χ0) is 17.0. The van der Waals surface area contributed by atoms with E-state index in [4.69, 9.17) is 11.6 Å². The van der Waals surface area contributed by atoms with Crippen LogP contribution in [0.4, 0.5) is 5.69 Å². The van der Waals surface area contributed by atoms with Gasteiger partial charge < -0.3 is 10.6 Å². The first-order chi connectivity index (χ1) is 10.8. The van der Waals surface area contributed by atoms with Gasteiger partial charge >= 0.3 is 0 Å². The molecule has 1 heterocycles. The molecule has 0 aliphatic carbocycles. The maximum Gasteiger partial charge on any atom is 0.240 e. The van der Waals surface area contributed by atoms with Crippen molar-refractivity contribution in [3.63, 3.8) is 0 Å². The van der Waals surface area contributed by atoms with Crippen molar-refractivity contribution in [1.82, 2.24) is 5.32 Å². The Morgan fingerprint density at radius 2 is 2.22 bits per heavy atom. The number of hydrogen-bond donors (Lipinski definition) is 2. The molecule has 2 amide bonds. The molecule has 0 aromatic heterocycles. The van der Waals surface area contributed by atoms with Crippen molar-refractivity contribution >= 4 is 46.0 Å². The second-order valence-corrected chi connectivity index (χ2v) is 7.45. The summed E-state index contributed by atoms with van der Waals surface area (Å²) in [5.41, 5.74) is 1.57. The molecular formula is C16H20ClN3O2S. The zero-order valence-corrected chi connectivity index (χ0v) is 14.9. The normalized spacial score (nSPS) is 19.3. The van der Waals surface area contributed by atoms with E-state index in [1.165, 1.54) is 11.8 Å². The Morgan fingerprint density at radius 1 is 1.48 bits per heavy atom. The van der Waals surface area contributed by atoms with E-state index in [1.54, 1.807) is 12.1 Å². The van der Waals surface area contributed by atoms with Crippen molar-refractivity contribution in [2.45, 2.75) is 32.4 Å². The minimum absolute atomic E-state index is 0.0999. The summed E-state index contributed by atoms with van der Waals surface area (Å²) in [6.07, 6.45) is 0.0999. The Kier molecular flexibility index (Phi) is 6.07. The highest BCUT2D eigenvalue weighted by molar-refractivity contribution is 8.15. The number of aliphatic imine (C=N–C) groups is 1. The highest BCUT2D eigenvalue weighted by Crippen LogP contribution is 2.24. The van der Waals surface area contributed by atoms with Crippen molar-refractivity contribution in [2.75, 3.05) is 11.9 Å². The minimum atomic E-state index is -0.443. The van der Waals surface area contributed by atoms with E-state index in [0.29, 0.717) is 28.3 Å². The van der Waals surface area contributed by atoms with Crippen LogP contribution in [0.25, 0.3) is 0 Å². The third kappa shape index (κ3) is 5.25. The van der Waals surface area contributed by atoms with Gasteiger partial charge in [0.05, 0.1) is 0 Å². The van der Waals surface area contributed by atoms with Gasteiger partial charge in [-0.1, -0.05) is 43.3 Å². The van der Waals surface area contributed by atoms with E-state index < -0.39 is 5.25 Å². The lowest BCUT2D eigenvalue weighted by atomic mass is 10.2. The summed E-state index contributed by atoms with van der Waals surface area (Å²) < 4.78 is 0. The quantitative estimate of drug-likeness (QED) is 0.853. The highest BCUT2D eigenvalue weighted by atomic mass is 35.5. The molecule has 23 heavy (non-hydrogen) atoms. The lowest BCUT2D eigenvalue weighted by molar-refractivity contribution is -0.122. The third-order valence-electron chi connectivity index (χ3n) is 3.20. The van der Waals surface area contributed by atoms with E-state index in [9.17, 15) is 9.59 Å². The minimum Gasteiger partial charge on any atom is -0.326 e. The smallest absolute Gasteiger partial charge is 0.240 e. The molecule has 0 radical (unpaired) electrons. The van der Waals surface area contributed by atoms with Crippen molar-refractivity contribution < 1.29 is 9.59 Å². The molecule has 1 aromatic rings. The van der Waals surface area contributed by atoms with Crippen LogP contribution in [0.1, 0.15) is 25.8 Å². The van der Waals surface area contributed by atoms with Gasteiger partial charge in [0.15, 0.2) is 5.17 Å². The van der Waals surface area contributed by atoms with Crippen LogP contribution in [0.3, 0.4) is 0 Å². The number of rotatable bonds is 5. The van der Waals surface area contributed by atoms with Crippen LogP contribution in [-0.2, 0) is 9.59 Å². The van der Waals surface area contributed by atoms with Crippen LogP contribution in [-0.4, -0.2) is 28.8 Å². The number of nitrogens with one attached hydrogen (secondary N) is 2. The Bertz CT molecular complexity index is 646. The maximum absolute atomic E-state index is 12.1. The van der Waals surface area contributed by atoms with E-state index >= 15 is 0 Å². The lowest BCUT2D eigenvalue weighted by Gasteiger charge is -2.08. The van der Waals surface area contributed by atoms with Gasteiger partial charge in [-0.05, 0) is 30.5 Å². The predicted molar refractivity (Wildman–Crippen MR) is 96.1 cm³/mol. The van der Waals surface area contributed by atoms with Gasteiger partial charge in [-0.2, -0.15) is 0 Å². The fourth-order valence-electron chi connectivity index (χ4n) is 1.93. The SMILES string of the molecule is Cc1ccc(NC(=O)C[C@@H]2SC(=NCC(C)C)NC2=O)cc1Cl. The topological polar surface area (TPSA) is 70.6 Å². The van der Waals surface area contributed by atoms with Crippen LogP contribution in [0.2, 0.25) is 5.02 Å². The molecule has 2 N–H and O–H groups in total. The van der Waals surface area contributed by atoms with E-state index in [-0.39, 0.29) is 18.2 Å². The molecule has 0 saturated carbocycles. The maximum atomic E-state index is 12.1. The van der Waals surface area contributed by atoms with Crippen LogP contribution >= 0.6 is 23.4 Å². The summed E-state index contributed by atoms with van der Waals surface area (Å²) in [5, 5.41) is 6.23. The Hall–Kier alpha value is -1.53. The third-order valence-corrected chi connectivity index (χ3v) is 4.73. The summed E-state index contributed by atoms with van der Waals surface area (Å²) in [4.78, 5) is 28.3. The zero-order valence-electron chi connectivity index (χ0n) is 13.4. The number of amidine groups is 1. The molecule has 1 aliphatic rings. The highest BCUT2D eigenvalue weighted by Gasteiger charge is 2.31. The van der Waals surface area contributed by atoms with Gasteiger partial charge in [-0.3, -0.25) is 14.6 Å². The molecule has 1 aromatic carbocycles. The summed E-state index contributed by atoms with van der Waals surface area (Å²) in [7, 11) is 0. The van der Waals surface area contributed by atoms with Gasteiger partial charge in [0.1, 0.15) is 5.25 Å². The predicted octanol–water partition coefficient (Wildman–Crippen LogP) is 3.22. The lowest BCUT2D eigenvalue weighted by Crippen LogP contribution is -2.28. The summed E-state index contributed by atoms with van der Waals surface area (Å²) in [6.45, 7) is 6.67. The summed E-state index contributed by atoms with van der Waals surface area (Å²) >= 11 is 7.34. The average Bonchev–Trinajstić information content (AvgIpc) is 2.81. The van der Waals surface area contributed by atoms with Gasteiger partial charge in [0.25, 0.3) is 0 Å². The summed E-state index contributed by atoms with van der Waals surface area (Å²) in [6, 6.07) is 5.33. The molecule has 2 rings (SSSR count). The van der Waals surface area contributed by atoms with Crippen LogP contribution < -0.4 is 10.6 Å². The Morgan fingerprint density at radius 3 is 2.87 bits per heavy atom. The number of nitrogens with zero attached hydrogens (tertiary/aromatic N) is 1. The first-order valence-corrected chi connectivity index (χ1v) is 8.69. The fraction of sp³-hybridized carbons (Fsp3) is 0.438. The standard InChI is InChI=1S/C16H20ClN3O2S/c1-9(2)8-18-16-20-15(22)13(23-16)7-14(21)19-11-5-4-10(3)12(17)6-11/h4-6,9,13H,7-8H2,1-3H3,(H,19,21)(H,18,20,22)/t13-/m0/s1. The van der Waals surface area contributed by atoms with Crippen LogP contribution in [0, 0.1) is 12.8 Å². The largest absolute Gasteiger partial charge is 0.326 e. The van der Waals surface area contributed by atoms with Crippen molar-refractivity contribution in [3.8, 4) is 0 Å². The molecular weight excluding hydrogens is 334 g/mol. The molecule has 5 nitrogen and oxygen atoms in total. The van der Waals surface area contributed by atoms with Gasteiger partial charge in [0.2, 0.25) is 11.8 Å². The molecule has 1 aliphatic heterocycles. The first kappa shape index (κ1) is 17.8.